The lowest BCUT2D eigenvalue weighted by molar-refractivity contribution is 0.0955. The second-order valence-corrected chi connectivity index (χ2v) is 10.3. The number of sulfone groups is 1. The molecule has 4 aromatic rings. The number of ether oxygens (including phenoxy) is 1. The molecule has 0 atom stereocenters. The molecule has 1 amide bonds. The van der Waals surface area contributed by atoms with E-state index in [1.807, 2.05) is 19.1 Å². The Balaban J connectivity index is 1.44. The van der Waals surface area contributed by atoms with Gasteiger partial charge in [-0.3, -0.25) is 9.78 Å². The van der Waals surface area contributed by atoms with Crippen LogP contribution in [0.5, 0.6) is 5.75 Å². The van der Waals surface area contributed by atoms with Gasteiger partial charge < -0.3 is 10.1 Å². The highest BCUT2D eigenvalue weighted by molar-refractivity contribution is 7.91. The number of carbonyl (C=O) groups is 1. The third-order valence-corrected chi connectivity index (χ3v) is 7.76. The molecule has 0 unspecified atom stereocenters. The van der Waals surface area contributed by atoms with Crippen LogP contribution in [0.4, 0.5) is 4.39 Å². The van der Waals surface area contributed by atoms with Crippen molar-refractivity contribution in [1.82, 2.24) is 10.3 Å². The van der Waals surface area contributed by atoms with Gasteiger partial charge in [-0.05, 0) is 59.8 Å². The third-order valence-electron chi connectivity index (χ3n) is 4.91. The number of benzene rings is 2. The van der Waals surface area contributed by atoms with Gasteiger partial charge in [0.15, 0.2) is 11.6 Å². The Bertz CT molecular complexity index is 1370. The van der Waals surface area contributed by atoms with E-state index in [1.165, 1.54) is 35.6 Å². The zero-order valence-electron chi connectivity index (χ0n) is 17.7. The topological polar surface area (TPSA) is 85.4 Å². The van der Waals surface area contributed by atoms with Crippen LogP contribution in [0, 0.1) is 5.82 Å². The molecule has 0 saturated carbocycles. The van der Waals surface area contributed by atoms with Crippen LogP contribution >= 0.6 is 11.3 Å². The van der Waals surface area contributed by atoms with E-state index < -0.39 is 15.7 Å². The summed E-state index contributed by atoms with van der Waals surface area (Å²) in [4.78, 5) is 17.0. The predicted molar refractivity (Wildman–Crippen MR) is 125 cm³/mol. The van der Waals surface area contributed by atoms with E-state index >= 15 is 0 Å². The zero-order chi connectivity index (χ0) is 23.4. The molecule has 9 heteroatoms. The van der Waals surface area contributed by atoms with E-state index in [0.717, 1.165) is 21.7 Å². The van der Waals surface area contributed by atoms with Crippen LogP contribution in [0.2, 0.25) is 0 Å². The zero-order valence-corrected chi connectivity index (χ0v) is 19.4. The van der Waals surface area contributed by atoms with Gasteiger partial charge in [-0.15, -0.1) is 11.3 Å². The molecule has 0 saturated heterocycles. The smallest absolute Gasteiger partial charge is 0.261 e. The Morgan fingerprint density at radius 2 is 1.85 bits per heavy atom. The highest BCUT2D eigenvalue weighted by atomic mass is 32.2. The summed E-state index contributed by atoms with van der Waals surface area (Å²) in [5.41, 5.74) is 0.736. The first-order chi connectivity index (χ1) is 15.9. The molecule has 0 aliphatic carbocycles. The molecular formula is C24H21FN2O4S2. The summed E-state index contributed by atoms with van der Waals surface area (Å²) >= 11 is 1.36. The molecule has 1 N–H and O–H groups in total. The van der Waals surface area contributed by atoms with E-state index in [2.05, 4.69) is 10.3 Å². The normalized spacial score (nSPS) is 11.5. The number of hydrogen-bond acceptors (Lipinski definition) is 6. The number of fused-ring (bicyclic) bond motifs is 1. The van der Waals surface area contributed by atoms with Gasteiger partial charge in [0.1, 0.15) is 0 Å². The van der Waals surface area contributed by atoms with Crippen molar-refractivity contribution in [3.05, 3.63) is 83.2 Å². The summed E-state index contributed by atoms with van der Waals surface area (Å²) < 4.78 is 46.2. The first-order valence-electron chi connectivity index (χ1n) is 10.3. The van der Waals surface area contributed by atoms with Gasteiger partial charge in [0.05, 0.1) is 26.0 Å². The van der Waals surface area contributed by atoms with E-state index in [4.69, 9.17) is 4.74 Å². The number of aromatic nitrogens is 1. The van der Waals surface area contributed by atoms with Crippen LogP contribution in [0.15, 0.2) is 76.8 Å². The van der Waals surface area contributed by atoms with Crippen molar-refractivity contribution in [3.63, 3.8) is 0 Å². The van der Waals surface area contributed by atoms with Crippen molar-refractivity contribution >= 4 is 37.2 Å². The number of carbonyl (C=O) groups excluding carboxylic acids is 1. The monoisotopic (exact) mass is 484 g/mol. The highest BCUT2D eigenvalue weighted by Gasteiger charge is 2.20. The maximum Gasteiger partial charge on any atom is 0.261 e. The maximum absolute atomic E-state index is 14.2. The standard InChI is InChI=1S/C24H21FN2O4S2/c1-2-11-31-21-8-7-19(13-20(21)25)33(29,30)18-5-3-16(4-6-18)14-27-24(28)22-12-17-9-10-26-15-23(17)32-22/h3-10,12-13,15H,2,11,14H2,1H3,(H,27,28). The highest BCUT2D eigenvalue weighted by Crippen LogP contribution is 2.27. The number of rotatable bonds is 8. The molecule has 0 spiro atoms. The fourth-order valence-electron chi connectivity index (χ4n) is 3.17. The summed E-state index contributed by atoms with van der Waals surface area (Å²) in [5, 5.41) is 3.79. The minimum absolute atomic E-state index is 0.0248. The predicted octanol–water partition coefficient (Wildman–Crippen LogP) is 4.99. The van der Waals surface area contributed by atoms with Crippen LogP contribution in [0.25, 0.3) is 10.1 Å². The summed E-state index contributed by atoms with van der Waals surface area (Å²) in [7, 11) is -3.89. The van der Waals surface area contributed by atoms with Crippen molar-refractivity contribution in [1.29, 1.82) is 0 Å². The average molecular weight is 485 g/mol. The summed E-state index contributed by atoms with van der Waals surface area (Å²) in [5.74, 6) is -0.911. The molecule has 170 valence electrons. The average Bonchev–Trinajstić information content (AvgIpc) is 3.26. The second kappa shape index (κ2) is 9.68. The third kappa shape index (κ3) is 5.04. The van der Waals surface area contributed by atoms with Crippen molar-refractivity contribution in [2.75, 3.05) is 6.61 Å². The molecule has 0 radical (unpaired) electrons. The Hall–Kier alpha value is -3.30. The van der Waals surface area contributed by atoms with E-state index in [9.17, 15) is 17.6 Å². The molecule has 4 rings (SSSR count). The molecule has 2 heterocycles. The first kappa shape index (κ1) is 22.9. The van der Waals surface area contributed by atoms with E-state index in [1.54, 1.807) is 24.5 Å². The van der Waals surface area contributed by atoms with Crippen molar-refractivity contribution < 1.29 is 22.3 Å². The van der Waals surface area contributed by atoms with Crippen molar-refractivity contribution in [2.45, 2.75) is 29.7 Å². The number of thiophene rings is 1. The number of hydrogen-bond donors (Lipinski definition) is 1. The van der Waals surface area contributed by atoms with Gasteiger partial charge in [0.2, 0.25) is 9.84 Å². The number of halogens is 1. The Morgan fingerprint density at radius 1 is 1.09 bits per heavy atom. The summed E-state index contributed by atoms with van der Waals surface area (Å²) in [6.45, 7) is 2.48. The fraction of sp³-hybridized carbons (Fsp3) is 0.167. The lowest BCUT2D eigenvalue weighted by Crippen LogP contribution is -2.21. The molecule has 0 fully saturated rings. The van der Waals surface area contributed by atoms with Crippen LogP contribution in [-0.2, 0) is 16.4 Å². The van der Waals surface area contributed by atoms with Crippen LogP contribution in [0.3, 0.4) is 0 Å². The SMILES string of the molecule is CCCOc1ccc(S(=O)(=O)c2ccc(CNC(=O)c3cc4ccncc4s3)cc2)cc1F. The Morgan fingerprint density at radius 3 is 2.55 bits per heavy atom. The summed E-state index contributed by atoms with van der Waals surface area (Å²) in [6, 6.07) is 13.4. The van der Waals surface area contributed by atoms with Gasteiger partial charge in [-0.25, -0.2) is 12.8 Å². The lowest BCUT2D eigenvalue weighted by Gasteiger charge is -2.10. The number of pyridine rings is 1. The molecule has 2 aromatic carbocycles. The van der Waals surface area contributed by atoms with Crippen molar-refractivity contribution in [3.8, 4) is 5.75 Å². The quantitative estimate of drug-likeness (QED) is 0.381. The fourth-order valence-corrected chi connectivity index (χ4v) is 5.38. The van der Waals surface area contributed by atoms with E-state index in [-0.39, 0.29) is 28.0 Å². The Kier molecular flexibility index (Phi) is 6.71. The molecule has 33 heavy (non-hydrogen) atoms. The largest absolute Gasteiger partial charge is 0.491 e. The van der Waals surface area contributed by atoms with Crippen LogP contribution < -0.4 is 10.1 Å². The van der Waals surface area contributed by atoms with Crippen LogP contribution in [0.1, 0.15) is 28.6 Å². The van der Waals surface area contributed by atoms with Gasteiger partial charge >= 0.3 is 0 Å². The van der Waals surface area contributed by atoms with Crippen molar-refractivity contribution in [2.24, 2.45) is 0 Å². The van der Waals surface area contributed by atoms with E-state index in [0.29, 0.717) is 17.9 Å². The molecular weight excluding hydrogens is 463 g/mol. The summed E-state index contributed by atoms with van der Waals surface area (Å²) in [6.07, 6.45) is 4.11. The van der Waals surface area contributed by atoms with Gasteiger partial charge in [-0.1, -0.05) is 19.1 Å². The number of amides is 1. The maximum atomic E-state index is 14.2. The van der Waals surface area contributed by atoms with Gasteiger partial charge in [0, 0.05) is 18.9 Å². The van der Waals surface area contributed by atoms with Crippen LogP contribution in [-0.4, -0.2) is 25.9 Å². The second-order valence-electron chi connectivity index (χ2n) is 7.29. The first-order valence-corrected chi connectivity index (χ1v) is 12.6. The number of nitrogens with one attached hydrogen (secondary N) is 1. The minimum Gasteiger partial charge on any atom is -0.491 e. The van der Waals surface area contributed by atoms with Gasteiger partial charge in [0.25, 0.3) is 5.91 Å². The molecule has 6 nitrogen and oxygen atoms in total. The molecule has 2 aromatic heterocycles. The Labute approximate surface area is 195 Å². The lowest BCUT2D eigenvalue weighted by atomic mass is 10.2. The number of nitrogens with zero attached hydrogens (tertiary/aromatic N) is 1. The molecule has 0 aliphatic heterocycles. The molecule has 0 bridgehead atoms. The van der Waals surface area contributed by atoms with Gasteiger partial charge in [-0.2, -0.15) is 0 Å². The minimum atomic E-state index is -3.89. The molecule has 0 aliphatic rings.